The summed E-state index contributed by atoms with van der Waals surface area (Å²) in [6, 6.07) is 11.1. The summed E-state index contributed by atoms with van der Waals surface area (Å²) < 4.78 is 33.9. The van der Waals surface area contributed by atoms with E-state index in [1.807, 2.05) is 26.0 Å². The molecule has 9 heteroatoms. The zero-order valence-electron chi connectivity index (χ0n) is 19.4. The molecule has 1 aliphatic heterocycles. The predicted molar refractivity (Wildman–Crippen MR) is 127 cm³/mol. The smallest absolute Gasteiger partial charge is 0.241 e. The van der Waals surface area contributed by atoms with Crippen LogP contribution < -0.4 is 19.7 Å². The topological polar surface area (TPSA) is 105 Å². The van der Waals surface area contributed by atoms with E-state index < -0.39 is 16.1 Å². The van der Waals surface area contributed by atoms with Gasteiger partial charge in [0, 0.05) is 25.7 Å². The second-order valence-corrected chi connectivity index (χ2v) is 10.3. The van der Waals surface area contributed by atoms with Crippen molar-refractivity contribution in [3.8, 4) is 5.75 Å². The van der Waals surface area contributed by atoms with E-state index in [-0.39, 0.29) is 29.2 Å². The molecule has 0 aliphatic carbocycles. The maximum absolute atomic E-state index is 13.1. The van der Waals surface area contributed by atoms with Gasteiger partial charge in [0.25, 0.3) is 0 Å². The van der Waals surface area contributed by atoms with Gasteiger partial charge in [-0.25, -0.2) is 8.42 Å². The molecule has 2 N–H and O–H groups in total. The van der Waals surface area contributed by atoms with Crippen LogP contribution in [0.25, 0.3) is 0 Å². The van der Waals surface area contributed by atoms with Gasteiger partial charge in [-0.3, -0.25) is 9.59 Å². The van der Waals surface area contributed by atoms with E-state index in [9.17, 15) is 18.0 Å². The number of nitrogens with zero attached hydrogens (tertiary/aromatic N) is 1. The summed E-state index contributed by atoms with van der Waals surface area (Å²) in [6.45, 7) is 6.17. The van der Waals surface area contributed by atoms with Crippen molar-refractivity contribution in [1.82, 2.24) is 10.0 Å². The first kappa shape index (κ1) is 24.7. The molecule has 0 saturated carbocycles. The number of hydrogen-bond donors (Lipinski definition) is 2. The molecule has 2 aromatic rings. The number of nitrogens with one attached hydrogen (secondary N) is 2. The lowest BCUT2D eigenvalue weighted by molar-refractivity contribution is -0.123. The number of carbonyl (C=O) groups is 2. The third kappa shape index (κ3) is 6.11. The molecule has 0 spiro atoms. The van der Waals surface area contributed by atoms with Crippen molar-refractivity contribution >= 4 is 27.5 Å². The molecule has 0 radical (unpaired) electrons. The van der Waals surface area contributed by atoms with Gasteiger partial charge in [0.2, 0.25) is 21.8 Å². The van der Waals surface area contributed by atoms with E-state index in [1.54, 1.807) is 36.3 Å². The van der Waals surface area contributed by atoms with E-state index in [0.29, 0.717) is 19.4 Å². The zero-order valence-corrected chi connectivity index (χ0v) is 20.2. The minimum atomic E-state index is -3.93. The summed E-state index contributed by atoms with van der Waals surface area (Å²) in [6.07, 6.45) is 0.951. The molecule has 0 fully saturated rings. The lowest BCUT2D eigenvalue weighted by Gasteiger charge is -2.21. The number of anilines is 1. The van der Waals surface area contributed by atoms with Crippen molar-refractivity contribution in [3.05, 3.63) is 53.6 Å². The summed E-state index contributed by atoms with van der Waals surface area (Å²) in [5.41, 5.74) is 2.42. The third-order valence-electron chi connectivity index (χ3n) is 5.58. The summed E-state index contributed by atoms with van der Waals surface area (Å²) in [4.78, 5) is 26.4. The molecule has 2 amide bonds. The molecule has 0 bridgehead atoms. The van der Waals surface area contributed by atoms with Gasteiger partial charge in [0.15, 0.2) is 0 Å². The molecule has 0 saturated heterocycles. The standard InChI is InChI=1S/C24H31N3O5S/c1-16(2)13-22(24(29)25-15-18-5-7-20(32-4)8-6-18)26-33(30,31)21-9-10-23-19(14-21)11-12-27(23)17(3)28/h5-10,14,16,22,26H,11-13,15H2,1-4H3,(H,25,29). The molecule has 8 nitrogen and oxygen atoms in total. The van der Waals surface area contributed by atoms with Gasteiger partial charge < -0.3 is 15.0 Å². The molecule has 33 heavy (non-hydrogen) atoms. The van der Waals surface area contributed by atoms with Crippen molar-refractivity contribution in [2.75, 3.05) is 18.6 Å². The average Bonchev–Trinajstić information content (AvgIpc) is 3.20. The second-order valence-electron chi connectivity index (χ2n) is 8.58. The van der Waals surface area contributed by atoms with Gasteiger partial charge in [-0.1, -0.05) is 26.0 Å². The van der Waals surface area contributed by atoms with Crippen LogP contribution in [0, 0.1) is 5.92 Å². The molecular weight excluding hydrogens is 442 g/mol. The molecule has 0 aromatic heterocycles. The van der Waals surface area contributed by atoms with Crippen molar-refractivity contribution in [2.45, 2.75) is 51.1 Å². The number of fused-ring (bicyclic) bond motifs is 1. The van der Waals surface area contributed by atoms with Gasteiger partial charge in [-0.05, 0) is 60.2 Å². The van der Waals surface area contributed by atoms with Gasteiger partial charge in [0.1, 0.15) is 11.8 Å². The minimum Gasteiger partial charge on any atom is -0.497 e. The number of amides is 2. The van der Waals surface area contributed by atoms with E-state index in [0.717, 1.165) is 22.6 Å². The molecule has 1 aliphatic rings. The Hall–Kier alpha value is -2.91. The largest absolute Gasteiger partial charge is 0.497 e. The Morgan fingerprint density at radius 1 is 1.12 bits per heavy atom. The van der Waals surface area contributed by atoms with Gasteiger partial charge in [-0.2, -0.15) is 4.72 Å². The third-order valence-corrected chi connectivity index (χ3v) is 7.05. The van der Waals surface area contributed by atoms with Crippen LogP contribution in [0.3, 0.4) is 0 Å². The summed E-state index contributed by atoms with van der Waals surface area (Å²) >= 11 is 0. The first-order chi connectivity index (χ1) is 15.6. The van der Waals surface area contributed by atoms with E-state index in [2.05, 4.69) is 10.0 Å². The maximum atomic E-state index is 13.1. The molecular formula is C24H31N3O5S. The van der Waals surface area contributed by atoms with Crippen LogP contribution in [0.4, 0.5) is 5.69 Å². The minimum absolute atomic E-state index is 0.0759. The number of methoxy groups -OCH3 is 1. The average molecular weight is 474 g/mol. The summed E-state index contributed by atoms with van der Waals surface area (Å²) in [5, 5.41) is 2.83. The Morgan fingerprint density at radius 3 is 2.42 bits per heavy atom. The Bertz CT molecular complexity index is 1110. The number of hydrogen-bond acceptors (Lipinski definition) is 5. The number of ether oxygens (including phenoxy) is 1. The van der Waals surface area contributed by atoms with Crippen LogP contribution >= 0.6 is 0 Å². The van der Waals surface area contributed by atoms with Crippen molar-refractivity contribution < 1.29 is 22.7 Å². The normalized spacial score (nSPS) is 14.2. The van der Waals surface area contributed by atoms with E-state index in [4.69, 9.17) is 4.74 Å². The molecule has 3 rings (SSSR count). The first-order valence-electron chi connectivity index (χ1n) is 10.9. The van der Waals surface area contributed by atoms with Crippen LogP contribution in [0.1, 0.15) is 38.3 Å². The van der Waals surface area contributed by atoms with E-state index in [1.165, 1.54) is 13.0 Å². The fraction of sp³-hybridized carbons (Fsp3) is 0.417. The van der Waals surface area contributed by atoms with Gasteiger partial charge >= 0.3 is 0 Å². The molecule has 1 atom stereocenters. The Labute approximate surface area is 195 Å². The highest BCUT2D eigenvalue weighted by Gasteiger charge is 2.29. The van der Waals surface area contributed by atoms with Crippen LogP contribution in [-0.4, -0.2) is 39.9 Å². The van der Waals surface area contributed by atoms with Crippen LogP contribution in [0.15, 0.2) is 47.4 Å². The lowest BCUT2D eigenvalue weighted by atomic mass is 10.0. The molecule has 1 unspecified atom stereocenters. The second kappa shape index (κ2) is 10.4. The molecule has 178 valence electrons. The van der Waals surface area contributed by atoms with Gasteiger partial charge in [-0.15, -0.1) is 0 Å². The Balaban J connectivity index is 1.73. The van der Waals surface area contributed by atoms with Gasteiger partial charge in [0.05, 0.1) is 12.0 Å². The fourth-order valence-corrected chi connectivity index (χ4v) is 5.12. The maximum Gasteiger partial charge on any atom is 0.241 e. The number of benzene rings is 2. The predicted octanol–water partition coefficient (Wildman–Crippen LogP) is 2.61. The van der Waals surface area contributed by atoms with Crippen LogP contribution in [0.5, 0.6) is 5.75 Å². The van der Waals surface area contributed by atoms with Crippen LogP contribution in [-0.2, 0) is 32.6 Å². The fourth-order valence-electron chi connectivity index (χ4n) is 3.86. The quantitative estimate of drug-likeness (QED) is 0.583. The van der Waals surface area contributed by atoms with E-state index >= 15 is 0 Å². The van der Waals surface area contributed by atoms with Crippen molar-refractivity contribution in [1.29, 1.82) is 0 Å². The highest BCUT2D eigenvalue weighted by Crippen LogP contribution is 2.30. The zero-order chi connectivity index (χ0) is 24.2. The van der Waals surface area contributed by atoms with Crippen molar-refractivity contribution in [2.24, 2.45) is 5.92 Å². The summed E-state index contributed by atoms with van der Waals surface area (Å²) in [5.74, 6) is 0.366. The summed E-state index contributed by atoms with van der Waals surface area (Å²) in [7, 11) is -2.35. The molecule has 2 aromatic carbocycles. The SMILES string of the molecule is COc1ccc(CNC(=O)C(CC(C)C)NS(=O)(=O)c2ccc3c(c2)CCN3C(C)=O)cc1. The Morgan fingerprint density at radius 2 is 1.82 bits per heavy atom. The highest BCUT2D eigenvalue weighted by atomic mass is 32.2. The number of sulfonamides is 1. The molecule has 1 heterocycles. The number of carbonyl (C=O) groups excluding carboxylic acids is 2. The number of rotatable bonds is 9. The van der Waals surface area contributed by atoms with Crippen molar-refractivity contribution in [3.63, 3.8) is 0 Å². The first-order valence-corrected chi connectivity index (χ1v) is 12.4. The Kier molecular flexibility index (Phi) is 7.76. The van der Waals surface area contributed by atoms with Crippen LogP contribution in [0.2, 0.25) is 0 Å². The monoisotopic (exact) mass is 473 g/mol. The lowest BCUT2D eigenvalue weighted by Crippen LogP contribution is -2.47. The highest BCUT2D eigenvalue weighted by molar-refractivity contribution is 7.89.